The smallest absolute Gasteiger partial charge is 0.344 e. The van der Waals surface area contributed by atoms with E-state index in [2.05, 4.69) is 5.16 Å². The maximum atomic E-state index is 12.3. The zero-order valence-corrected chi connectivity index (χ0v) is 14.3. The summed E-state index contributed by atoms with van der Waals surface area (Å²) in [6.45, 7) is 4.79. The van der Waals surface area contributed by atoms with Gasteiger partial charge in [-0.25, -0.2) is 4.79 Å². The zero-order valence-electron chi connectivity index (χ0n) is 13.6. The maximum Gasteiger partial charge on any atom is 0.344 e. The van der Waals surface area contributed by atoms with Gasteiger partial charge in [-0.1, -0.05) is 23.7 Å². The largest absolute Gasteiger partial charge is 0.489 e. The Morgan fingerprint density at radius 3 is 2.92 bits per heavy atom. The Morgan fingerprint density at radius 1 is 1.33 bits per heavy atom. The third kappa shape index (κ3) is 3.33. The van der Waals surface area contributed by atoms with E-state index in [9.17, 15) is 4.79 Å². The summed E-state index contributed by atoms with van der Waals surface area (Å²) < 4.78 is 21.6. The second-order valence-corrected chi connectivity index (χ2v) is 5.85. The van der Waals surface area contributed by atoms with Gasteiger partial charge in [0.2, 0.25) is 0 Å². The lowest BCUT2D eigenvalue weighted by molar-refractivity contribution is 0.0469. The molecule has 0 saturated carbocycles. The van der Waals surface area contributed by atoms with Gasteiger partial charge in [0.1, 0.15) is 17.9 Å². The molecule has 0 spiro atoms. The van der Waals surface area contributed by atoms with Gasteiger partial charge in [-0.3, -0.25) is 0 Å². The number of carbonyl (C=O) groups excluding carboxylic acids is 1. The number of nitrogens with zero attached hydrogens (tertiary/aromatic N) is 1. The van der Waals surface area contributed by atoms with Gasteiger partial charge in [0.05, 0.1) is 23.9 Å². The van der Waals surface area contributed by atoms with Crippen LogP contribution in [0.15, 0.2) is 16.7 Å². The van der Waals surface area contributed by atoms with E-state index >= 15 is 0 Å². The summed E-state index contributed by atoms with van der Waals surface area (Å²) in [5, 5.41) is 4.30. The molecule has 3 rings (SSSR count). The van der Waals surface area contributed by atoms with Gasteiger partial charge < -0.3 is 18.7 Å². The molecular formula is C17H18ClNO5. The Kier molecular flexibility index (Phi) is 4.94. The Balaban J connectivity index is 1.75. The monoisotopic (exact) mass is 351 g/mol. The van der Waals surface area contributed by atoms with Crippen LogP contribution in [0.25, 0.3) is 0 Å². The van der Waals surface area contributed by atoms with E-state index in [-0.39, 0.29) is 6.61 Å². The van der Waals surface area contributed by atoms with Gasteiger partial charge in [0.15, 0.2) is 11.5 Å². The first kappa shape index (κ1) is 16.6. The van der Waals surface area contributed by atoms with Crippen molar-refractivity contribution in [2.45, 2.75) is 33.3 Å². The molecule has 1 aromatic heterocycles. The van der Waals surface area contributed by atoms with E-state index in [1.807, 2.05) is 6.92 Å². The predicted octanol–water partition coefficient (Wildman–Crippen LogP) is 3.72. The number of esters is 1. The van der Waals surface area contributed by atoms with Crippen LogP contribution in [0.2, 0.25) is 5.02 Å². The highest BCUT2D eigenvalue weighted by molar-refractivity contribution is 6.32. The highest BCUT2D eigenvalue weighted by Crippen LogP contribution is 2.38. The van der Waals surface area contributed by atoms with Crippen LogP contribution in [0.4, 0.5) is 0 Å². The van der Waals surface area contributed by atoms with Crippen LogP contribution >= 0.6 is 11.6 Å². The Bertz CT molecular complexity index is 756. The molecule has 0 N–H and O–H groups in total. The number of ether oxygens (including phenoxy) is 3. The van der Waals surface area contributed by atoms with Gasteiger partial charge in [0, 0.05) is 6.42 Å². The number of carbonyl (C=O) groups is 1. The topological polar surface area (TPSA) is 70.8 Å². The fraction of sp³-hybridized carbons (Fsp3) is 0.412. The first-order chi connectivity index (χ1) is 11.6. The lowest BCUT2D eigenvalue weighted by Gasteiger charge is -2.12. The molecule has 6 nitrogen and oxygen atoms in total. The number of rotatable bonds is 4. The zero-order chi connectivity index (χ0) is 17.1. The van der Waals surface area contributed by atoms with Crippen LogP contribution in [0.5, 0.6) is 11.5 Å². The van der Waals surface area contributed by atoms with Crippen molar-refractivity contribution < 1.29 is 23.5 Å². The highest BCUT2D eigenvalue weighted by atomic mass is 35.5. The van der Waals surface area contributed by atoms with Crippen LogP contribution in [0, 0.1) is 6.92 Å². The summed E-state index contributed by atoms with van der Waals surface area (Å²) in [4.78, 5) is 12.3. The predicted molar refractivity (Wildman–Crippen MR) is 86.8 cm³/mol. The van der Waals surface area contributed by atoms with E-state index in [1.54, 1.807) is 19.1 Å². The quantitative estimate of drug-likeness (QED) is 0.782. The van der Waals surface area contributed by atoms with E-state index < -0.39 is 5.97 Å². The molecule has 7 heteroatoms. The van der Waals surface area contributed by atoms with E-state index in [0.29, 0.717) is 53.2 Å². The molecule has 0 unspecified atom stereocenters. The van der Waals surface area contributed by atoms with Crippen molar-refractivity contribution in [2.75, 3.05) is 13.2 Å². The molecular weight excluding hydrogens is 334 g/mol. The number of hydrogen-bond donors (Lipinski definition) is 0. The summed E-state index contributed by atoms with van der Waals surface area (Å²) in [5.41, 5.74) is 1.71. The second kappa shape index (κ2) is 7.13. The number of aromatic nitrogens is 1. The van der Waals surface area contributed by atoms with Crippen LogP contribution in [-0.2, 0) is 17.8 Å². The molecule has 128 valence electrons. The summed E-state index contributed by atoms with van der Waals surface area (Å²) in [6, 6.07) is 3.49. The lowest BCUT2D eigenvalue weighted by atomic mass is 10.1. The summed E-state index contributed by atoms with van der Waals surface area (Å²) >= 11 is 6.24. The minimum absolute atomic E-state index is 0.0724. The van der Waals surface area contributed by atoms with Gasteiger partial charge in [-0.2, -0.15) is 0 Å². The minimum atomic E-state index is -0.464. The molecule has 1 aliphatic rings. The molecule has 1 aliphatic heterocycles. The third-order valence-electron chi connectivity index (χ3n) is 3.70. The minimum Gasteiger partial charge on any atom is -0.489 e. The first-order valence-electron chi connectivity index (χ1n) is 7.80. The van der Waals surface area contributed by atoms with Crippen LogP contribution < -0.4 is 9.47 Å². The van der Waals surface area contributed by atoms with Gasteiger partial charge >= 0.3 is 5.97 Å². The Hall–Kier alpha value is -2.21. The number of fused-ring (bicyclic) bond motifs is 1. The molecule has 0 amide bonds. The van der Waals surface area contributed by atoms with Crippen molar-refractivity contribution in [3.8, 4) is 11.5 Å². The van der Waals surface area contributed by atoms with Crippen LogP contribution in [0.1, 0.15) is 40.7 Å². The number of halogens is 1. The standard InChI is InChI=1S/C17H18ClNO5/c1-3-13-15(10(2)24-19-13)17(20)23-9-11-7-12(18)16-14(8-11)21-5-4-6-22-16/h7-8H,3-6,9H2,1-2H3. The summed E-state index contributed by atoms with van der Waals surface area (Å²) in [5.74, 6) is 1.09. The molecule has 0 aliphatic carbocycles. The van der Waals surface area contributed by atoms with Gasteiger partial charge in [0.25, 0.3) is 0 Å². The fourth-order valence-electron chi connectivity index (χ4n) is 2.51. The van der Waals surface area contributed by atoms with Crippen molar-refractivity contribution >= 4 is 17.6 Å². The molecule has 0 atom stereocenters. The first-order valence-corrected chi connectivity index (χ1v) is 8.18. The number of benzene rings is 1. The molecule has 2 heterocycles. The normalized spacial score (nSPS) is 13.5. The maximum absolute atomic E-state index is 12.3. The molecule has 0 radical (unpaired) electrons. The second-order valence-electron chi connectivity index (χ2n) is 5.45. The number of hydrogen-bond acceptors (Lipinski definition) is 6. The van der Waals surface area contributed by atoms with E-state index in [4.69, 9.17) is 30.3 Å². The number of aryl methyl sites for hydroxylation is 2. The highest BCUT2D eigenvalue weighted by Gasteiger charge is 2.21. The molecule has 0 saturated heterocycles. The molecule has 1 aromatic carbocycles. The van der Waals surface area contributed by atoms with Crippen molar-refractivity contribution in [1.82, 2.24) is 5.16 Å². The average Bonchev–Trinajstić information content (AvgIpc) is 2.79. The molecule has 2 aromatic rings. The van der Waals surface area contributed by atoms with Crippen LogP contribution in [-0.4, -0.2) is 24.3 Å². The summed E-state index contributed by atoms with van der Waals surface area (Å²) in [6.07, 6.45) is 1.39. The van der Waals surface area contributed by atoms with E-state index in [0.717, 1.165) is 12.0 Å². The summed E-state index contributed by atoms with van der Waals surface area (Å²) in [7, 11) is 0. The van der Waals surface area contributed by atoms with E-state index in [1.165, 1.54) is 0 Å². The SMILES string of the molecule is CCc1noc(C)c1C(=O)OCc1cc(Cl)c2c(c1)OCCCO2. The van der Waals surface area contributed by atoms with Crippen molar-refractivity contribution in [2.24, 2.45) is 0 Å². The lowest BCUT2D eigenvalue weighted by Crippen LogP contribution is -2.08. The third-order valence-corrected chi connectivity index (χ3v) is 3.99. The fourth-order valence-corrected chi connectivity index (χ4v) is 2.80. The molecule has 0 bridgehead atoms. The van der Waals surface area contributed by atoms with Crippen molar-refractivity contribution in [1.29, 1.82) is 0 Å². The Morgan fingerprint density at radius 2 is 2.12 bits per heavy atom. The average molecular weight is 352 g/mol. The van der Waals surface area contributed by atoms with Crippen LogP contribution in [0.3, 0.4) is 0 Å². The van der Waals surface area contributed by atoms with Crippen molar-refractivity contribution in [3.05, 3.63) is 39.7 Å². The van der Waals surface area contributed by atoms with Crippen molar-refractivity contribution in [3.63, 3.8) is 0 Å². The van der Waals surface area contributed by atoms with Gasteiger partial charge in [-0.15, -0.1) is 0 Å². The molecule has 24 heavy (non-hydrogen) atoms. The van der Waals surface area contributed by atoms with Gasteiger partial charge in [-0.05, 0) is 31.0 Å². The Labute approximate surface area is 144 Å². The molecule has 0 fully saturated rings.